The summed E-state index contributed by atoms with van der Waals surface area (Å²) in [6, 6.07) is 21.2. The van der Waals surface area contributed by atoms with Crippen LogP contribution in [0.3, 0.4) is 0 Å². The summed E-state index contributed by atoms with van der Waals surface area (Å²) in [6.07, 6.45) is 0. The van der Waals surface area contributed by atoms with Crippen molar-refractivity contribution in [3.63, 3.8) is 0 Å². The number of hydrogen-bond acceptors (Lipinski definition) is 4. The summed E-state index contributed by atoms with van der Waals surface area (Å²) in [6.45, 7) is 0.809. The molecule has 0 spiro atoms. The first-order chi connectivity index (χ1) is 13.6. The molecule has 2 amide bonds. The molecule has 0 aliphatic carbocycles. The molecule has 0 aliphatic rings. The molecule has 0 bridgehead atoms. The largest absolute Gasteiger partial charge is 0.326 e. The van der Waals surface area contributed by atoms with E-state index in [4.69, 9.17) is 11.5 Å². The lowest BCUT2D eigenvalue weighted by molar-refractivity contribution is 0.101. The molecule has 0 unspecified atom stereocenters. The van der Waals surface area contributed by atoms with E-state index in [0.29, 0.717) is 35.6 Å². The average Bonchev–Trinajstić information content (AvgIpc) is 2.74. The molecule has 28 heavy (non-hydrogen) atoms. The minimum absolute atomic E-state index is 0.253. The Morgan fingerprint density at radius 3 is 1.39 bits per heavy atom. The molecule has 0 fully saturated rings. The van der Waals surface area contributed by atoms with Crippen LogP contribution in [0.5, 0.6) is 0 Å². The Bertz CT molecular complexity index is 903. The number of carbonyl (C=O) groups is 2. The van der Waals surface area contributed by atoms with Gasteiger partial charge >= 0.3 is 0 Å². The van der Waals surface area contributed by atoms with Crippen molar-refractivity contribution in [1.29, 1.82) is 0 Å². The molecule has 6 nitrogen and oxygen atoms in total. The number of hydrogen-bond donors (Lipinski definition) is 4. The number of amides is 2. The van der Waals surface area contributed by atoms with Crippen LogP contribution < -0.4 is 22.1 Å². The molecule has 3 aromatic rings. The maximum Gasteiger partial charge on any atom is 0.255 e. The van der Waals surface area contributed by atoms with Crippen LogP contribution in [0.15, 0.2) is 72.8 Å². The first-order valence-corrected chi connectivity index (χ1v) is 8.90. The highest BCUT2D eigenvalue weighted by molar-refractivity contribution is 6.07. The van der Waals surface area contributed by atoms with Gasteiger partial charge in [-0.3, -0.25) is 9.59 Å². The predicted molar refractivity (Wildman–Crippen MR) is 111 cm³/mol. The highest BCUT2D eigenvalue weighted by atomic mass is 16.2. The zero-order valence-electron chi connectivity index (χ0n) is 15.3. The monoisotopic (exact) mass is 374 g/mol. The Labute approximate surface area is 163 Å². The van der Waals surface area contributed by atoms with Crippen molar-refractivity contribution in [1.82, 2.24) is 0 Å². The third-order valence-electron chi connectivity index (χ3n) is 4.25. The summed E-state index contributed by atoms with van der Waals surface area (Å²) >= 11 is 0. The zero-order chi connectivity index (χ0) is 19.9. The Morgan fingerprint density at radius 2 is 1.04 bits per heavy atom. The number of nitrogens with one attached hydrogen (secondary N) is 2. The molecule has 0 heterocycles. The molecule has 0 aliphatic heterocycles. The molecule has 0 atom stereocenters. The number of benzene rings is 3. The molecule has 0 saturated heterocycles. The van der Waals surface area contributed by atoms with Gasteiger partial charge in [-0.2, -0.15) is 0 Å². The summed E-state index contributed by atoms with van der Waals surface area (Å²) < 4.78 is 0. The lowest BCUT2D eigenvalue weighted by Crippen LogP contribution is -2.14. The Hall–Kier alpha value is -3.48. The highest BCUT2D eigenvalue weighted by Crippen LogP contribution is 2.15. The number of rotatable bonds is 6. The van der Waals surface area contributed by atoms with Crippen molar-refractivity contribution in [3.8, 4) is 0 Å². The average molecular weight is 374 g/mol. The SMILES string of the molecule is NCc1cccc(NC(=O)c2ccc(C(=O)Nc3cccc(CN)c3)cc2)c1. The number of anilines is 2. The second kappa shape index (κ2) is 8.94. The molecule has 6 N–H and O–H groups in total. The molecule has 0 radical (unpaired) electrons. The van der Waals surface area contributed by atoms with Crippen LogP contribution >= 0.6 is 0 Å². The maximum absolute atomic E-state index is 12.4. The van der Waals surface area contributed by atoms with Gasteiger partial charge in [-0.05, 0) is 59.7 Å². The molecular weight excluding hydrogens is 352 g/mol. The van der Waals surface area contributed by atoms with Gasteiger partial charge in [-0.1, -0.05) is 24.3 Å². The third-order valence-corrected chi connectivity index (χ3v) is 4.25. The van der Waals surface area contributed by atoms with Crippen molar-refractivity contribution in [3.05, 3.63) is 95.1 Å². The standard InChI is InChI=1S/C22H22N4O2/c23-13-15-3-1-5-19(11-15)25-21(27)17-7-9-18(10-8-17)22(28)26-20-6-2-4-16(12-20)14-24/h1-12H,13-14,23-24H2,(H,25,27)(H,26,28). The third kappa shape index (κ3) is 4.82. The van der Waals surface area contributed by atoms with Crippen molar-refractivity contribution < 1.29 is 9.59 Å². The minimum Gasteiger partial charge on any atom is -0.326 e. The molecule has 6 heteroatoms. The Kier molecular flexibility index (Phi) is 6.16. The smallest absolute Gasteiger partial charge is 0.255 e. The van der Waals surface area contributed by atoms with Crippen LogP contribution in [0.25, 0.3) is 0 Å². The van der Waals surface area contributed by atoms with E-state index in [-0.39, 0.29) is 11.8 Å². The van der Waals surface area contributed by atoms with Crippen molar-refractivity contribution >= 4 is 23.2 Å². The van der Waals surface area contributed by atoms with E-state index in [9.17, 15) is 9.59 Å². The van der Waals surface area contributed by atoms with Crippen LogP contribution in [0.1, 0.15) is 31.8 Å². The molecule has 0 aromatic heterocycles. The zero-order valence-corrected chi connectivity index (χ0v) is 15.3. The predicted octanol–water partition coefficient (Wildman–Crippen LogP) is 3.11. The van der Waals surface area contributed by atoms with Gasteiger partial charge in [0.25, 0.3) is 11.8 Å². The molecule has 142 valence electrons. The van der Waals surface area contributed by atoms with E-state index in [1.807, 2.05) is 36.4 Å². The summed E-state index contributed by atoms with van der Waals surface area (Å²) in [5.41, 5.74) is 15.4. The second-order valence-corrected chi connectivity index (χ2v) is 6.29. The summed E-state index contributed by atoms with van der Waals surface area (Å²) in [5.74, 6) is -0.506. The van der Waals surface area contributed by atoms with Crippen molar-refractivity contribution in [2.24, 2.45) is 11.5 Å². The van der Waals surface area contributed by atoms with Gasteiger partial charge in [0.05, 0.1) is 0 Å². The second-order valence-electron chi connectivity index (χ2n) is 6.29. The van der Waals surface area contributed by atoms with Crippen LogP contribution in [-0.4, -0.2) is 11.8 Å². The Balaban J connectivity index is 1.66. The molecule has 3 aromatic carbocycles. The van der Waals surface area contributed by atoms with E-state index in [1.54, 1.807) is 36.4 Å². The summed E-state index contributed by atoms with van der Waals surface area (Å²) in [7, 11) is 0. The van der Waals surface area contributed by atoms with E-state index in [1.165, 1.54) is 0 Å². The quantitative estimate of drug-likeness (QED) is 0.531. The Morgan fingerprint density at radius 1 is 0.643 bits per heavy atom. The fourth-order valence-electron chi connectivity index (χ4n) is 2.73. The molecular formula is C22H22N4O2. The van der Waals surface area contributed by atoms with Gasteiger partial charge in [0.2, 0.25) is 0 Å². The van der Waals surface area contributed by atoms with Gasteiger partial charge in [0, 0.05) is 35.6 Å². The van der Waals surface area contributed by atoms with Gasteiger partial charge in [-0.15, -0.1) is 0 Å². The van der Waals surface area contributed by atoms with Gasteiger partial charge in [-0.25, -0.2) is 0 Å². The fourth-order valence-corrected chi connectivity index (χ4v) is 2.73. The summed E-state index contributed by atoms with van der Waals surface area (Å²) in [5, 5.41) is 5.65. The van der Waals surface area contributed by atoms with Gasteiger partial charge in [0.1, 0.15) is 0 Å². The first-order valence-electron chi connectivity index (χ1n) is 8.90. The molecule has 0 saturated carbocycles. The fraction of sp³-hybridized carbons (Fsp3) is 0.0909. The molecule has 3 rings (SSSR count). The maximum atomic E-state index is 12.4. The van der Waals surface area contributed by atoms with Crippen LogP contribution in [0, 0.1) is 0 Å². The topological polar surface area (TPSA) is 110 Å². The van der Waals surface area contributed by atoms with Crippen molar-refractivity contribution in [2.45, 2.75) is 13.1 Å². The number of nitrogens with two attached hydrogens (primary N) is 2. The number of carbonyl (C=O) groups excluding carboxylic acids is 2. The van der Waals surface area contributed by atoms with Gasteiger partial charge in [0.15, 0.2) is 0 Å². The van der Waals surface area contributed by atoms with Gasteiger partial charge < -0.3 is 22.1 Å². The minimum atomic E-state index is -0.253. The first kappa shape index (κ1) is 19.3. The van der Waals surface area contributed by atoms with E-state index >= 15 is 0 Å². The van der Waals surface area contributed by atoms with Crippen LogP contribution in [0.4, 0.5) is 11.4 Å². The van der Waals surface area contributed by atoms with Crippen LogP contribution in [0.2, 0.25) is 0 Å². The highest BCUT2D eigenvalue weighted by Gasteiger charge is 2.10. The lowest BCUT2D eigenvalue weighted by Gasteiger charge is -2.09. The normalized spacial score (nSPS) is 10.4. The van der Waals surface area contributed by atoms with E-state index in [2.05, 4.69) is 10.6 Å². The van der Waals surface area contributed by atoms with E-state index < -0.39 is 0 Å². The van der Waals surface area contributed by atoms with Crippen molar-refractivity contribution in [2.75, 3.05) is 10.6 Å². The van der Waals surface area contributed by atoms with E-state index in [0.717, 1.165) is 11.1 Å². The summed E-state index contributed by atoms with van der Waals surface area (Å²) in [4.78, 5) is 24.8. The van der Waals surface area contributed by atoms with Crippen LogP contribution in [-0.2, 0) is 13.1 Å². The lowest BCUT2D eigenvalue weighted by atomic mass is 10.1.